The van der Waals surface area contributed by atoms with Crippen LogP contribution in [0.2, 0.25) is 0 Å². The summed E-state index contributed by atoms with van der Waals surface area (Å²) >= 11 is 1.29. The molecule has 1 aromatic carbocycles. The number of benzene rings is 1. The standard InChI is InChI=1S/C14H16N4OS/c15-13-14(18-9-8-17-13)20-10-12(19)16-7-6-11-4-2-1-3-5-11/h1-5,8-9H,6-7,10H2,(H2,15,17)(H,16,19). The Bertz CT molecular complexity index is 562. The summed E-state index contributed by atoms with van der Waals surface area (Å²) in [6, 6.07) is 10.0. The van der Waals surface area contributed by atoms with Gasteiger partial charge in [0.25, 0.3) is 0 Å². The predicted octanol–water partition coefficient (Wildman–Crippen LogP) is 1.51. The largest absolute Gasteiger partial charge is 0.381 e. The lowest BCUT2D eigenvalue weighted by atomic mass is 10.1. The lowest BCUT2D eigenvalue weighted by Gasteiger charge is -2.05. The van der Waals surface area contributed by atoms with Crippen LogP contribution in [0.3, 0.4) is 0 Å². The number of rotatable bonds is 6. The van der Waals surface area contributed by atoms with Crippen molar-refractivity contribution in [2.75, 3.05) is 18.0 Å². The Morgan fingerprint density at radius 3 is 2.70 bits per heavy atom. The molecule has 20 heavy (non-hydrogen) atoms. The van der Waals surface area contributed by atoms with Gasteiger partial charge in [0.2, 0.25) is 5.91 Å². The quantitative estimate of drug-likeness (QED) is 0.788. The first-order valence-electron chi connectivity index (χ1n) is 6.25. The van der Waals surface area contributed by atoms with E-state index in [-0.39, 0.29) is 11.7 Å². The zero-order valence-corrected chi connectivity index (χ0v) is 11.8. The lowest BCUT2D eigenvalue weighted by Crippen LogP contribution is -2.27. The van der Waals surface area contributed by atoms with E-state index in [0.29, 0.717) is 17.4 Å². The van der Waals surface area contributed by atoms with Crippen molar-refractivity contribution in [3.63, 3.8) is 0 Å². The van der Waals surface area contributed by atoms with Crippen molar-refractivity contribution in [3.8, 4) is 0 Å². The molecule has 6 heteroatoms. The first-order valence-corrected chi connectivity index (χ1v) is 7.24. The highest BCUT2D eigenvalue weighted by molar-refractivity contribution is 8.00. The van der Waals surface area contributed by atoms with Gasteiger partial charge in [0.1, 0.15) is 5.03 Å². The first kappa shape index (κ1) is 14.3. The minimum atomic E-state index is -0.0315. The highest BCUT2D eigenvalue weighted by Gasteiger charge is 2.06. The summed E-state index contributed by atoms with van der Waals surface area (Å²) in [6.07, 6.45) is 3.91. The van der Waals surface area contributed by atoms with Crippen LogP contribution in [0.25, 0.3) is 0 Å². The number of nitrogens with two attached hydrogens (primary N) is 1. The number of hydrogen-bond acceptors (Lipinski definition) is 5. The van der Waals surface area contributed by atoms with Crippen LogP contribution in [0.4, 0.5) is 5.82 Å². The highest BCUT2D eigenvalue weighted by atomic mass is 32.2. The monoisotopic (exact) mass is 288 g/mol. The van der Waals surface area contributed by atoms with Crippen LogP contribution in [-0.2, 0) is 11.2 Å². The molecule has 0 saturated carbocycles. The molecule has 5 nitrogen and oxygen atoms in total. The van der Waals surface area contributed by atoms with E-state index < -0.39 is 0 Å². The summed E-state index contributed by atoms with van der Waals surface area (Å²) in [6.45, 7) is 0.624. The first-order chi connectivity index (χ1) is 9.75. The molecule has 0 aliphatic rings. The Hall–Kier alpha value is -2.08. The third kappa shape index (κ3) is 4.55. The van der Waals surface area contributed by atoms with Gasteiger partial charge < -0.3 is 11.1 Å². The minimum absolute atomic E-state index is 0.0315. The third-order valence-corrected chi connectivity index (χ3v) is 3.60. The zero-order valence-electron chi connectivity index (χ0n) is 11.0. The molecule has 0 fully saturated rings. The molecule has 2 aromatic rings. The molecule has 104 valence electrons. The molecule has 3 N–H and O–H groups in total. The summed E-state index contributed by atoms with van der Waals surface area (Å²) in [7, 11) is 0. The van der Waals surface area contributed by atoms with Gasteiger partial charge in [0.15, 0.2) is 5.82 Å². The topological polar surface area (TPSA) is 80.9 Å². The van der Waals surface area contributed by atoms with Gasteiger partial charge in [-0.25, -0.2) is 9.97 Å². The van der Waals surface area contributed by atoms with E-state index >= 15 is 0 Å². The van der Waals surface area contributed by atoms with Crippen LogP contribution in [0.1, 0.15) is 5.56 Å². The second-order valence-electron chi connectivity index (χ2n) is 4.12. The van der Waals surface area contributed by atoms with Crippen molar-refractivity contribution >= 4 is 23.5 Å². The molecule has 0 atom stereocenters. The number of nitrogen functional groups attached to an aromatic ring is 1. The molecule has 1 aromatic heterocycles. The third-order valence-electron chi connectivity index (χ3n) is 2.61. The van der Waals surface area contributed by atoms with Crippen molar-refractivity contribution in [3.05, 3.63) is 48.3 Å². The second kappa shape index (κ2) is 7.49. The summed E-state index contributed by atoms with van der Waals surface area (Å²) < 4.78 is 0. The Morgan fingerprint density at radius 1 is 1.20 bits per heavy atom. The molecular formula is C14H16N4OS. The van der Waals surface area contributed by atoms with Crippen LogP contribution < -0.4 is 11.1 Å². The molecule has 0 bridgehead atoms. The maximum atomic E-state index is 11.7. The van der Waals surface area contributed by atoms with Gasteiger partial charge >= 0.3 is 0 Å². The van der Waals surface area contributed by atoms with Crippen molar-refractivity contribution < 1.29 is 4.79 Å². The van der Waals surface area contributed by atoms with Gasteiger partial charge in [0.05, 0.1) is 5.75 Å². The Labute approximate surface area is 122 Å². The summed E-state index contributed by atoms with van der Waals surface area (Å²) in [4.78, 5) is 19.7. The Kier molecular flexibility index (Phi) is 5.37. The maximum Gasteiger partial charge on any atom is 0.230 e. The smallest absolute Gasteiger partial charge is 0.230 e. The van der Waals surface area contributed by atoms with E-state index in [1.807, 2.05) is 30.3 Å². The summed E-state index contributed by atoms with van der Waals surface area (Å²) in [5.41, 5.74) is 6.86. The number of anilines is 1. The summed E-state index contributed by atoms with van der Waals surface area (Å²) in [5, 5.41) is 3.46. The number of thioether (sulfide) groups is 1. The molecular weight excluding hydrogens is 272 g/mol. The van der Waals surface area contributed by atoms with Gasteiger partial charge in [-0.1, -0.05) is 42.1 Å². The van der Waals surface area contributed by atoms with E-state index in [1.54, 1.807) is 6.20 Å². The number of nitrogens with one attached hydrogen (secondary N) is 1. The van der Waals surface area contributed by atoms with Gasteiger partial charge in [0, 0.05) is 18.9 Å². The Balaban J connectivity index is 1.70. The van der Waals surface area contributed by atoms with E-state index in [1.165, 1.54) is 23.5 Å². The number of amides is 1. The normalized spacial score (nSPS) is 10.2. The molecule has 0 radical (unpaired) electrons. The van der Waals surface area contributed by atoms with Gasteiger partial charge in [-0.2, -0.15) is 0 Å². The fraction of sp³-hybridized carbons (Fsp3) is 0.214. The van der Waals surface area contributed by atoms with E-state index in [0.717, 1.165) is 6.42 Å². The van der Waals surface area contributed by atoms with Gasteiger partial charge in [-0.05, 0) is 12.0 Å². The summed E-state index contributed by atoms with van der Waals surface area (Å²) in [5.74, 6) is 0.614. The van der Waals surface area contributed by atoms with Crippen LogP contribution in [0, 0.1) is 0 Å². The molecule has 0 aliphatic heterocycles. The van der Waals surface area contributed by atoms with Crippen LogP contribution >= 0.6 is 11.8 Å². The second-order valence-corrected chi connectivity index (χ2v) is 5.09. The average molecular weight is 288 g/mol. The van der Waals surface area contributed by atoms with E-state index in [2.05, 4.69) is 15.3 Å². The molecule has 0 aliphatic carbocycles. The molecule has 1 amide bonds. The van der Waals surface area contributed by atoms with E-state index in [4.69, 9.17) is 5.73 Å². The van der Waals surface area contributed by atoms with Gasteiger partial charge in [-0.3, -0.25) is 4.79 Å². The Morgan fingerprint density at radius 2 is 1.95 bits per heavy atom. The lowest BCUT2D eigenvalue weighted by molar-refractivity contribution is -0.118. The van der Waals surface area contributed by atoms with Crippen LogP contribution in [0.15, 0.2) is 47.8 Å². The number of carbonyl (C=O) groups is 1. The van der Waals surface area contributed by atoms with Crippen LogP contribution in [0.5, 0.6) is 0 Å². The van der Waals surface area contributed by atoms with Crippen molar-refractivity contribution in [2.45, 2.75) is 11.4 Å². The molecule has 0 spiro atoms. The number of carbonyl (C=O) groups excluding carboxylic acids is 1. The number of hydrogen-bond donors (Lipinski definition) is 2. The minimum Gasteiger partial charge on any atom is -0.381 e. The van der Waals surface area contributed by atoms with Crippen molar-refractivity contribution in [1.82, 2.24) is 15.3 Å². The fourth-order valence-corrected chi connectivity index (χ4v) is 2.33. The molecule has 2 rings (SSSR count). The van der Waals surface area contributed by atoms with Crippen molar-refractivity contribution in [2.24, 2.45) is 0 Å². The fourth-order valence-electron chi connectivity index (χ4n) is 1.62. The SMILES string of the molecule is Nc1nccnc1SCC(=O)NCCc1ccccc1. The highest BCUT2D eigenvalue weighted by Crippen LogP contribution is 2.18. The zero-order chi connectivity index (χ0) is 14.2. The molecule has 1 heterocycles. The maximum absolute atomic E-state index is 11.7. The number of nitrogens with zero attached hydrogens (tertiary/aromatic N) is 2. The average Bonchev–Trinajstić information content (AvgIpc) is 2.47. The van der Waals surface area contributed by atoms with Crippen LogP contribution in [-0.4, -0.2) is 28.2 Å². The molecule has 0 saturated heterocycles. The van der Waals surface area contributed by atoms with Gasteiger partial charge in [-0.15, -0.1) is 0 Å². The van der Waals surface area contributed by atoms with E-state index in [9.17, 15) is 4.79 Å². The van der Waals surface area contributed by atoms with Crippen molar-refractivity contribution in [1.29, 1.82) is 0 Å². The molecule has 0 unspecified atom stereocenters. The predicted molar refractivity (Wildman–Crippen MR) is 80.3 cm³/mol. The number of aromatic nitrogens is 2.